The predicted octanol–water partition coefficient (Wildman–Crippen LogP) is 2.52. The Morgan fingerprint density at radius 2 is 2.41 bits per heavy atom. The van der Waals surface area contributed by atoms with Gasteiger partial charge in [-0.05, 0) is 24.8 Å². The van der Waals surface area contributed by atoms with Crippen LogP contribution in [0.2, 0.25) is 0 Å². The smallest absolute Gasteiger partial charge is 0.255 e. The fraction of sp³-hybridized carbons (Fsp3) is 0.583. The van der Waals surface area contributed by atoms with Crippen molar-refractivity contribution in [2.45, 2.75) is 26.0 Å². The minimum Gasteiger partial charge on any atom is -0.373 e. The summed E-state index contributed by atoms with van der Waals surface area (Å²) in [5, 5.41) is 3.91. The van der Waals surface area contributed by atoms with Crippen molar-refractivity contribution in [3.63, 3.8) is 0 Å². The van der Waals surface area contributed by atoms with Gasteiger partial charge in [0.15, 0.2) is 0 Å². The lowest BCUT2D eigenvalue weighted by molar-refractivity contribution is -0.0371. The third-order valence-electron chi connectivity index (χ3n) is 3.02. The largest absolute Gasteiger partial charge is 0.373 e. The highest BCUT2D eigenvalue weighted by Gasteiger charge is 2.30. The molecule has 1 aromatic heterocycles. The fourth-order valence-corrected chi connectivity index (χ4v) is 2.94. The van der Waals surface area contributed by atoms with Gasteiger partial charge in [0.2, 0.25) is 0 Å². The number of morpholine rings is 1. The topological polar surface area (TPSA) is 29.5 Å². The van der Waals surface area contributed by atoms with Crippen LogP contribution in [-0.4, -0.2) is 42.0 Å². The summed E-state index contributed by atoms with van der Waals surface area (Å²) >= 11 is 7.35. The van der Waals surface area contributed by atoms with Crippen molar-refractivity contribution in [2.75, 3.05) is 19.0 Å². The van der Waals surface area contributed by atoms with Gasteiger partial charge in [0.1, 0.15) is 0 Å². The zero-order chi connectivity index (χ0) is 12.4. The number of halogens is 1. The number of ether oxygens (including phenoxy) is 1. The van der Waals surface area contributed by atoms with Gasteiger partial charge in [-0.15, -0.1) is 11.6 Å². The van der Waals surface area contributed by atoms with E-state index in [2.05, 4.69) is 0 Å². The van der Waals surface area contributed by atoms with Crippen molar-refractivity contribution in [2.24, 2.45) is 0 Å². The number of hydrogen-bond acceptors (Lipinski definition) is 3. The predicted molar refractivity (Wildman–Crippen MR) is 70.0 cm³/mol. The standard InChI is InChI=1S/C12H16ClNO2S/c1-8-6-17-7-11(8)12(15)14-4-10(3-13)16-5-9(14)2/h6-7,9-10H,3-5H2,1-2H3. The molecule has 2 rings (SSSR count). The molecule has 3 nitrogen and oxygen atoms in total. The Morgan fingerprint density at radius 1 is 1.65 bits per heavy atom. The number of rotatable bonds is 2. The van der Waals surface area contributed by atoms with Crippen LogP contribution in [0, 0.1) is 6.92 Å². The number of amides is 1. The van der Waals surface area contributed by atoms with Crippen LogP contribution < -0.4 is 0 Å². The average molecular weight is 274 g/mol. The van der Waals surface area contributed by atoms with E-state index < -0.39 is 0 Å². The van der Waals surface area contributed by atoms with Crippen LogP contribution >= 0.6 is 22.9 Å². The maximum Gasteiger partial charge on any atom is 0.255 e. The summed E-state index contributed by atoms with van der Waals surface area (Å²) in [6.07, 6.45) is -0.0456. The summed E-state index contributed by atoms with van der Waals surface area (Å²) in [6.45, 7) is 5.11. The summed E-state index contributed by atoms with van der Waals surface area (Å²) in [7, 11) is 0. The van der Waals surface area contributed by atoms with Crippen molar-refractivity contribution in [3.05, 3.63) is 21.9 Å². The number of thiophene rings is 1. The Hall–Kier alpha value is -0.580. The Morgan fingerprint density at radius 3 is 3.00 bits per heavy atom. The highest BCUT2D eigenvalue weighted by atomic mass is 35.5. The van der Waals surface area contributed by atoms with E-state index in [0.717, 1.165) is 11.1 Å². The monoisotopic (exact) mass is 273 g/mol. The molecule has 1 saturated heterocycles. The number of alkyl halides is 1. The molecule has 1 aromatic rings. The van der Waals surface area contributed by atoms with Crippen LogP contribution in [-0.2, 0) is 4.74 Å². The second kappa shape index (κ2) is 5.38. The van der Waals surface area contributed by atoms with Crippen molar-refractivity contribution >= 4 is 28.8 Å². The molecule has 0 aliphatic carbocycles. The summed E-state index contributed by atoms with van der Waals surface area (Å²) < 4.78 is 5.54. The maximum absolute atomic E-state index is 12.4. The fourth-order valence-electron chi connectivity index (χ4n) is 1.93. The first-order valence-corrected chi connectivity index (χ1v) is 7.12. The number of carbonyl (C=O) groups excluding carboxylic acids is 1. The van der Waals surface area contributed by atoms with Gasteiger partial charge in [-0.1, -0.05) is 0 Å². The molecule has 1 fully saturated rings. The second-order valence-electron chi connectivity index (χ2n) is 4.38. The molecule has 0 aromatic carbocycles. The molecular formula is C12H16ClNO2S. The highest BCUT2D eigenvalue weighted by Crippen LogP contribution is 2.20. The van der Waals surface area contributed by atoms with Gasteiger partial charge in [0, 0.05) is 11.9 Å². The Bertz CT molecular complexity index is 407. The van der Waals surface area contributed by atoms with Gasteiger partial charge in [-0.25, -0.2) is 0 Å². The van der Waals surface area contributed by atoms with E-state index in [1.165, 1.54) is 0 Å². The molecule has 1 aliphatic rings. The lowest BCUT2D eigenvalue weighted by Crippen LogP contribution is -2.51. The number of carbonyl (C=O) groups is 1. The molecule has 5 heteroatoms. The van der Waals surface area contributed by atoms with Crippen LogP contribution in [0.1, 0.15) is 22.8 Å². The van der Waals surface area contributed by atoms with Crippen molar-refractivity contribution < 1.29 is 9.53 Å². The Balaban J connectivity index is 2.15. The molecule has 0 radical (unpaired) electrons. The zero-order valence-corrected chi connectivity index (χ0v) is 11.6. The normalized spacial score (nSPS) is 25.0. The summed E-state index contributed by atoms with van der Waals surface area (Å²) in [5.74, 6) is 0.522. The molecule has 0 spiro atoms. The van der Waals surface area contributed by atoms with Crippen molar-refractivity contribution in [1.82, 2.24) is 4.90 Å². The van der Waals surface area contributed by atoms with Crippen LogP contribution in [0.4, 0.5) is 0 Å². The van der Waals surface area contributed by atoms with Crippen LogP contribution in [0.5, 0.6) is 0 Å². The minimum atomic E-state index is -0.0456. The average Bonchev–Trinajstić information content (AvgIpc) is 2.75. The molecule has 94 valence electrons. The molecule has 2 atom stereocenters. The SMILES string of the molecule is Cc1cscc1C(=O)N1CC(CCl)OCC1C. The lowest BCUT2D eigenvalue weighted by Gasteiger charge is -2.37. The molecule has 1 amide bonds. The van der Waals surface area contributed by atoms with Crippen LogP contribution in [0.25, 0.3) is 0 Å². The second-order valence-corrected chi connectivity index (χ2v) is 5.44. The first kappa shape index (κ1) is 12.9. The molecule has 0 N–H and O–H groups in total. The third-order valence-corrected chi connectivity index (χ3v) is 4.23. The zero-order valence-electron chi connectivity index (χ0n) is 9.98. The quantitative estimate of drug-likeness (QED) is 0.775. The van der Waals surface area contributed by atoms with Gasteiger partial charge in [0.05, 0.1) is 30.2 Å². The maximum atomic E-state index is 12.4. The minimum absolute atomic E-state index is 0.0456. The summed E-state index contributed by atoms with van der Waals surface area (Å²) in [6, 6.07) is 0.112. The van der Waals surface area contributed by atoms with Crippen molar-refractivity contribution in [3.8, 4) is 0 Å². The first-order valence-electron chi connectivity index (χ1n) is 5.64. The van der Waals surface area contributed by atoms with Gasteiger partial charge >= 0.3 is 0 Å². The first-order chi connectivity index (χ1) is 8.13. The Kier molecular flexibility index (Phi) is 4.07. The van der Waals surface area contributed by atoms with Gasteiger partial charge in [-0.2, -0.15) is 11.3 Å². The molecular weight excluding hydrogens is 258 g/mol. The van der Waals surface area contributed by atoms with E-state index in [0.29, 0.717) is 19.0 Å². The van der Waals surface area contributed by atoms with E-state index in [9.17, 15) is 4.79 Å². The molecule has 0 bridgehead atoms. The number of hydrogen-bond donors (Lipinski definition) is 0. The molecule has 17 heavy (non-hydrogen) atoms. The van der Waals surface area contributed by atoms with Gasteiger partial charge in [0.25, 0.3) is 5.91 Å². The van der Waals surface area contributed by atoms with Crippen LogP contribution in [0.15, 0.2) is 10.8 Å². The van der Waals surface area contributed by atoms with Crippen LogP contribution in [0.3, 0.4) is 0 Å². The summed E-state index contributed by atoms with van der Waals surface area (Å²) in [4.78, 5) is 14.3. The Labute approximate surface area is 110 Å². The van der Waals surface area contributed by atoms with E-state index in [-0.39, 0.29) is 18.1 Å². The van der Waals surface area contributed by atoms with Gasteiger partial charge < -0.3 is 9.64 Å². The van der Waals surface area contributed by atoms with E-state index in [1.54, 1.807) is 11.3 Å². The van der Waals surface area contributed by atoms with E-state index >= 15 is 0 Å². The van der Waals surface area contributed by atoms with Crippen molar-refractivity contribution in [1.29, 1.82) is 0 Å². The highest BCUT2D eigenvalue weighted by molar-refractivity contribution is 7.08. The molecule has 1 aliphatic heterocycles. The summed E-state index contributed by atoms with van der Waals surface area (Å²) in [5.41, 5.74) is 1.85. The van der Waals surface area contributed by atoms with Gasteiger partial charge in [-0.3, -0.25) is 4.79 Å². The number of aryl methyl sites for hydroxylation is 1. The molecule has 2 heterocycles. The lowest BCUT2D eigenvalue weighted by atomic mass is 10.1. The third kappa shape index (κ3) is 2.64. The number of nitrogens with zero attached hydrogens (tertiary/aromatic N) is 1. The van der Waals surface area contributed by atoms with E-state index in [4.69, 9.17) is 16.3 Å². The van der Waals surface area contributed by atoms with E-state index in [1.807, 2.05) is 29.5 Å². The molecule has 0 saturated carbocycles. The molecule has 2 unspecified atom stereocenters.